The first-order valence-corrected chi connectivity index (χ1v) is 30.1. The lowest BCUT2D eigenvalue weighted by molar-refractivity contribution is -0.334. The van der Waals surface area contributed by atoms with Crippen LogP contribution in [-0.4, -0.2) is 246 Å². The first-order chi connectivity index (χ1) is 42.3. The van der Waals surface area contributed by atoms with Crippen molar-refractivity contribution in [1.82, 2.24) is 0 Å². The van der Waals surface area contributed by atoms with Crippen molar-refractivity contribution in [3.8, 4) is 17.2 Å². The van der Waals surface area contributed by atoms with Gasteiger partial charge in [-0.15, -0.1) is 0 Å². The molecule has 30 heteroatoms. The van der Waals surface area contributed by atoms with Crippen molar-refractivity contribution in [3.63, 3.8) is 0 Å². The lowest BCUT2D eigenvalue weighted by atomic mass is 9.75. The first-order valence-electron chi connectivity index (χ1n) is 30.1. The molecule has 6 aliphatic rings. The number of ketones is 2. The van der Waals surface area contributed by atoms with E-state index in [0.29, 0.717) is 0 Å². The van der Waals surface area contributed by atoms with Gasteiger partial charge in [-0.05, 0) is 84.9 Å². The third-order valence-corrected chi connectivity index (χ3v) is 17.5. The molecule has 0 amide bonds. The van der Waals surface area contributed by atoms with E-state index in [2.05, 4.69) is 0 Å². The molecule has 5 aliphatic heterocycles. The monoisotopic (exact) mass is 1280 g/mol. The number of Topliss-reactive ketones (excluding diaryl/α,β-unsaturated/α-hetero) is 2. The van der Waals surface area contributed by atoms with Gasteiger partial charge in [0.15, 0.2) is 48.9 Å². The van der Waals surface area contributed by atoms with Gasteiger partial charge in [0.25, 0.3) is 0 Å². The lowest BCUT2D eigenvalue weighted by Gasteiger charge is -2.46. The maximum absolute atomic E-state index is 15.3. The van der Waals surface area contributed by atoms with E-state index in [4.69, 9.17) is 71.8 Å². The number of aromatic hydroxyl groups is 2. The van der Waals surface area contributed by atoms with Crippen LogP contribution in [0.1, 0.15) is 128 Å². The van der Waals surface area contributed by atoms with Gasteiger partial charge < -0.3 is 118 Å². The number of methoxy groups -OCH3 is 1. The summed E-state index contributed by atoms with van der Waals surface area (Å²) in [7, 11) is 1.11. The van der Waals surface area contributed by atoms with Crippen molar-refractivity contribution in [2.75, 3.05) is 7.11 Å². The van der Waals surface area contributed by atoms with Gasteiger partial charge in [0, 0.05) is 50.7 Å². The molecule has 0 radical (unpaired) electrons. The minimum atomic E-state index is -2.12. The Hall–Kier alpha value is -5.36. The predicted molar refractivity (Wildman–Crippen MR) is 300 cm³/mol. The SMILES string of the molecule is CO[C@H](C(=O)[C@@H](O)[C@@H](C)OC(=O)CCC(=O)O)[C@@H]1Cc2cc3cc(O[C@H]4C[C@@H](O[C@H]5C[C@@H](O)[C@H](OC(=O)CCC(=O)O)C(C)O5)[C@H](O)C(C)O4)c(C)c(O)c3c(O)c2C(=O)[C@H]1O[C@H]1C[C@@H](O[C@H]2C[C@@H](O[C@H]3C[C@](C)(O)[C@H](O)C(C)O3)[C@@H](O)C(C)O2)[C@H](O)C(C)O1. The number of carboxylic acid groups (broad SMARTS) is 2. The number of rotatable bonds is 23. The van der Waals surface area contributed by atoms with Gasteiger partial charge in [0.1, 0.15) is 60.0 Å². The third kappa shape index (κ3) is 16.0. The molecule has 2 aromatic rings. The highest BCUT2D eigenvalue weighted by atomic mass is 16.7. The van der Waals surface area contributed by atoms with E-state index in [9.17, 15) is 69.9 Å². The highest BCUT2D eigenvalue weighted by molar-refractivity contribution is 6.11. The molecule has 2 aromatic carbocycles. The van der Waals surface area contributed by atoms with Crippen molar-refractivity contribution in [1.29, 1.82) is 0 Å². The van der Waals surface area contributed by atoms with Gasteiger partial charge in [0.05, 0.1) is 97.2 Å². The number of carboxylic acids is 2. The molecule has 5 fully saturated rings. The van der Waals surface area contributed by atoms with Gasteiger partial charge in [0.2, 0.25) is 6.29 Å². The van der Waals surface area contributed by atoms with Crippen LogP contribution >= 0.6 is 0 Å². The fourth-order valence-electron chi connectivity index (χ4n) is 12.5. The number of fused-ring (bicyclic) bond motifs is 2. The van der Waals surface area contributed by atoms with E-state index in [0.717, 1.165) is 7.11 Å². The molecule has 0 saturated carbocycles. The summed E-state index contributed by atoms with van der Waals surface area (Å²) in [6.07, 6.45) is -31.8. The second-order valence-electron chi connectivity index (χ2n) is 24.4. The van der Waals surface area contributed by atoms with E-state index in [-0.39, 0.29) is 71.7 Å². The number of aliphatic carboxylic acids is 2. The first kappa shape index (κ1) is 70.5. The maximum atomic E-state index is 15.3. The van der Waals surface area contributed by atoms with E-state index >= 15 is 4.79 Å². The molecule has 90 heavy (non-hydrogen) atoms. The highest BCUT2D eigenvalue weighted by Gasteiger charge is 2.52. The number of benzene rings is 2. The molecule has 0 spiro atoms. The zero-order valence-electron chi connectivity index (χ0n) is 51.3. The van der Waals surface area contributed by atoms with E-state index in [1.54, 1.807) is 20.8 Å². The molecular weight excluding hydrogens is 1200 g/mol. The molecule has 0 bridgehead atoms. The van der Waals surface area contributed by atoms with Gasteiger partial charge in [-0.2, -0.15) is 0 Å². The fourth-order valence-corrected chi connectivity index (χ4v) is 12.5. The van der Waals surface area contributed by atoms with Crippen LogP contribution in [0.25, 0.3) is 10.8 Å². The Morgan fingerprint density at radius 1 is 0.667 bits per heavy atom. The molecule has 504 valence electrons. The van der Waals surface area contributed by atoms with E-state index in [1.807, 2.05) is 0 Å². The number of hydrogen-bond donors (Lipinski definition) is 11. The Balaban J connectivity index is 1.04. The van der Waals surface area contributed by atoms with Crippen molar-refractivity contribution in [2.24, 2.45) is 5.92 Å². The van der Waals surface area contributed by atoms with Crippen LogP contribution in [0.2, 0.25) is 0 Å². The maximum Gasteiger partial charge on any atom is 0.306 e. The second-order valence-corrected chi connectivity index (χ2v) is 24.4. The van der Waals surface area contributed by atoms with Crippen LogP contribution in [0, 0.1) is 12.8 Å². The summed E-state index contributed by atoms with van der Waals surface area (Å²) >= 11 is 0. The topological polar surface area (TPSA) is 445 Å². The molecular formula is C60H84O30. The fraction of sp³-hybridized carbons (Fsp3) is 0.733. The Morgan fingerprint density at radius 3 is 1.71 bits per heavy atom. The highest BCUT2D eigenvalue weighted by Crippen LogP contribution is 2.48. The zero-order valence-corrected chi connectivity index (χ0v) is 51.3. The molecule has 8 rings (SSSR count). The molecule has 5 saturated heterocycles. The summed E-state index contributed by atoms with van der Waals surface area (Å²) < 4.78 is 77.6. The number of phenolic OH excluding ortho intramolecular Hbond substituents is 2. The summed E-state index contributed by atoms with van der Waals surface area (Å²) in [4.78, 5) is 76.7. The van der Waals surface area contributed by atoms with E-state index < -0.39 is 225 Å². The normalized spacial score (nSPS) is 37.5. The van der Waals surface area contributed by atoms with Crippen LogP contribution < -0.4 is 4.74 Å². The Labute approximate surface area is 517 Å². The third-order valence-electron chi connectivity index (χ3n) is 17.5. The quantitative estimate of drug-likeness (QED) is 0.0678. The smallest absolute Gasteiger partial charge is 0.306 e. The molecule has 1 aliphatic carbocycles. The number of ether oxygens (including phenoxy) is 13. The predicted octanol–water partition coefficient (Wildman–Crippen LogP) is 0.582. The average molecular weight is 1290 g/mol. The van der Waals surface area contributed by atoms with Gasteiger partial charge in [-0.1, -0.05) is 0 Å². The minimum Gasteiger partial charge on any atom is -0.507 e. The molecule has 30 nitrogen and oxygen atoms in total. The lowest BCUT2D eigenvalue weighted by Crippen LogP contribution is -2.58. The average Bonchev–Trinajstić information content (AvgIpc) is 0.738. The van der Waals surface area contributed by atoms with E-state index in [1.165, 1.54) is 46.8 Å². The standard InChI is InChI=1S/C60H84O30/c1-22-33(85-42-18-34(49(69)23(2)80-42)86-41-17-32(61)56(27(6)83-41)89-40(67)13-11-38(64)65)16-30-14-29-15-31(57(78-9)55(75)52(72)26(5)79-39(66)12-10-37(62)63)58(54(74)47(29)53(73)46(30)48(22)68)90-44-20-35(50(70)25(4)82-44)87-43-19-36(51(71)24(3)81-43)88-45-21-60(8,77)59(76)28(7)84-45/h14,16,23-28,31-32,34-36,41-45,49-52,56-59,61,68-73,76-77H,10-13,15,17-21H2,1-9H3,(H,62,63)(H,64,65)/t23?,24?,25?,26-,27?,28?,31+,32-,34-,35-,36-,41+,42+,43+,44+,45+,49-,50-,51+,52+,56-,57+,58+,59-,60+/m1/s1. The Bertz CT molecular complexity index is 2890. The number of esters is 2. The van der Waals surface area contributed by atoms with Crippen molar-refractivity contribution in [2.45, 2.75) is 267 Å². The number of aliphatic hydroxyl groups is 7. The summed E-state index contributed by atoms with van der Waals surface area (Å²) in [5, 5.41) is 120. The van der Waals surface area contributed by atoms with Gasteiger partial charge in [-0.3, -0.25) is 28.8 Å². The van der Waals surface area contributed by atoms with Crippen LogP contribution in [0.4, 0.5) is 0 Å². The van der Waals surface area contributed by atoms with Gasteiger partial charge in [-0.25, -0.2) is 0 Å². The van der Waals surface area contributed by atoms with Gasteiger partial charge >= 0.3 is 23.9 Å². The Kier molecular flexibility index (Phi) is 22.9. The second kappa shape index (κ2) is 29.3. The Morgan fingerprint density at radius 2 is 1.17 bits per heavy atom. The molecule has 5 unspecified atom stereocenters. The summed E-state index contributed by atoms with van der Waals surface area (Å²) in [6.45, 7) is 11.8. The van der Waals surface area contributed by atoms with Crippen molar-refractivity contribution < 1.29 is 147 Å². The number of carbonyl (C=O) groups is 6. The van der Waals surface area contributed by atoms with Crippen LogP contribution in [0.5, 0.6) is 17.2 Å². The number of hydrogen-bond acceptors (Lipinski definition) is 28. The summed E-state index contributed by atoms with van der Waals surface area (Å²) in [5.74, 6) is -9.08. The zero-order chi connectivity index (χ0) is 66.1. The van der Waals surface area contributed by atoms with Crippen LogP contribution in [-0.2, 0) is 87.2 Å². The molecule has 25 atom stereocenters. The minimum absolute atomic E-state index is 0.00903. The largest absolute Gasteiger partial charge is 0.507 e. The van der Waals surface area contributed by atoms with Crippen molar-refractivity contribution in [3.05, 3.63) is 28.8 Å². The molecule has 0 aromatic heterocycles. The van der Waals surface area contributed by atoms with Crippen LogP contribution in [0.15, 0.2) is 12.1 Å². The molecule has 11 N–H and O–H groups in total. The van der Waals surface area contributed by atoms with Crippen LogP contribution in [0.3, 0.4) is 0 Å². The number of phenols is 2. The number of aliphatic hydroxyl groups excluding tert-OH is 6. The summed E-state index contributed by atoms with van der Waals surface area (Å²) in [6, 6.07) is 2.90. The number of carbonyl (C=O) groups excluding carboxylic acids is 4. The summed E-state index contributed by atoms with van der Waals surface area (Å²) in [5.41, 5.74) is -1.78. The molecule has 5 heterocycles. The van der Waals surface area contributed by atoms with Crippen molar-refractivity contribution >= 4 is 46.2 Å².